The highest BCUT2D eigenvalue weighted by Gasteiger charge is 2.15. The summed E-state index contributed by atoms with van der Waals surface area (Å²) in [5.74, 6) is -0.507. The second kappa shape index (κ2) is 7.26. The van der Waals surface area contributed by atoms with Crippen molar-refractivity contribution >= 4 is 23.0 Å². The largest absolute Gasteiger partial charge is 0.490 e. The summed E-state index contributed by atoms with van der Waals surface area (Å²) in [6.45, 7) is 0.0854. The van der Waals surface area contributed by atoms with E-state index in [9.17, 15) is 19.6 Å². The van der Waals surface area contributed by atoms with E-state index in [0.29, 0.717) is 11.3 Å². The highest BCUT2D eigenvalue weighted by molar-refractivity contribution is 6.30. The fraction of sp³-hybridized carbons (Fsp3) is 0.200. The quantitative estimate of drug-likeness (QED) is 0.620. The molecular formula is C15H14ClFN2O4. The van der Waals surface area contributed by atoms with Gasteiger partial charge in [-0.1, -0.05) is 17.7 Å². The zero-order valence-corrected chi connectivity index (χ0v) is 12.9. The summed E-state index contributed by atoms with van der Waals surface area (Å²) < 4.78 is 18.3. The predicted molar refractivity (Wildman–Crippen MR) is 84.5 cm³/mol. The van der Waals surface area contributed by atoms with E-state index in [1.807, 2.05) is 0 Å². The van der Waals surface area contributed by atoms with Crippen LogP contribution in [0.4, 0.5) is 15.8 Å². The van der Waals surface area contributed by atoms with Crippen molar-refractivity contribution < 1.29 is 19.2 Å². The topological polar surface area (TPSA) is 84.6 Å². The van der Waals surface area contributed by atoms with E-state index in [4.69, 9.17) is 16.3 Å². The number of hydrogen-bond donors (Lipinski definition) is 2. The minimum absolute atomic E-state index is 0.0194. The van der Waals surface area contributed by atoms with Crippen molar-refractivity contribution in [3.63, 3.8) is 0 Å². The first-order valence-electron chi connectivity index (χ1n) is 6.61. The van der Waals surface area contributed by atoms with Crippen LogP contribution in [-0.2, 0) is 0 Å². The lowest BCUT2D eigenvalue weighted by molar-refractivity contribution is -0.385. The number of aliphatic hydroxyl groups excluding tert-OH is 1. The van der Waals surface area contributed by atoms with Crippen LogP contribution in [0, 0.1) is 15.9 Å². The summed E-state index contributed by atoms with van der Waals surface area (Å²) in [6, 6.07) is 8.29. The minimum Gasteiger partial charge on any atom is -0.490 e. The number of nitrogens with one attached hydrogen (secondary N) is 1. The van der Waals surface area contributed by atoms with Crippen molar-refractivity contribution in [3.8, 4) is 5.75 Å². The van der Waals surface area contributed by atoms with Gasteiger partial charge in [-0.15, -0.1) is 0 Å². The Morgan fingerprint density at radius 3 is 2.74 bits per heavy atom. The Morgan fingerprint density at radius 1 is 1.39 bits per heavy atom. The molecule has 0 saturated carbocycles. The highest BCUT2D eigenvalue weighted by Crippen LogP contribution is 2.30. The fourth-order valence-electron chi connectivity index (χ4n) is 1.99. The van der Waals surface area contributed by atoms with Crippen molar-refractivity contribution in [1.82, 2.24) is 0 Å². The normalized spacial score (nSPS) is 11.8. The summed E-state index contributed by atoms with van der Waals surface area (Å²) in [7, 11) is 1.33. The molecule has 2 aromatic rings. The van der Waals surface area contributed by atoms with Gasteiger partial charge in [0.15, 0.2) is 5.75 Å². The van der Waals surface area contributed by atoms with Gasteiger partial charge in [-0.2, -0.15) is 0 Å². The third-order valence-electron chi connectivity index (χ3n) is 3.20. The van der Waals surface area contributed by atoms with Gasteiger partial charge in [0, 0.05) is 24.4 Å². The maximum absolute atomic E-state index is 13.4. The number of aliphatic hydroxyl groups is 1. The number of hydrogen-bond acceptors (Lipinski definition) is 5. The molecule has 23 heavy (non-hydrogen) atoms. The first-order chi connectivity index (χ1) is 10.9. The first kappa shape index (κ1) is 17.0. The zero-order chi connectivity index (χ0) is 17.0. The molecule has 2 rings (SSSR count). The van der Waals surface area contributed by atoms with Crippen LogP contribution in [-0.4, -0.2) is 23.7 Å². The number of nitrogens with zero attached hydrogens (tertiary/aromatic N) is 1. The zero-order valence-electron chi connectivity index (χ0n) is 12.1. The molecule has 0 radical (unpaired) electrons. The number of benzene rings is 2. The van der Waals surface area contributed by atoms with Gasteiger partial charge in [0.2, 0.25) is 0 Å². The lowest BCUT2D eigenvalue weighted by Gasteiger charge is -2.14. The Kier molecular flexibility index (Phi) is 5.36. The maximum atomic E-state index is 13.4. The van der Waals surface area contributed by atoms with Crippen molar-refractivity contribution in [1.29, 1.82) is 0 Å². The van der Waals surface area contributed by atoms with E-state index in [0.717, 1.165) is 6.07 Å². The lowest BCUT2D eigenvalue weighted by Crippen LogP contribution is -2.12. The van der Waals surface area contributed by atoms with Crippen LogP contribution in [0.3, 0.4) is 0 Å². The number of ether oxygens (including phenoxy) is 1. The van der Waals surface area contributed by atoms with Crippen LogP contribution in [0.25, 0.3) is 0 Å². The maximum Gasteiger partial charge on any atom is 0.311 e. The second-order valence-corrected chi connectivity index (χ2v) is 5.12. The standard InChI is InChI=1S/C15H14ClFN2O4/c1-23-15-7-10(3-5-13(15)19(21)22)18-8-14(20)9-2-4-11(16)12(17)6-9/h2-7,14,18,20H,8H2,1H3. The van der Waals surface area contributed by atoms with Crippen LogP contribution < -0.4 is 10.1 Å². The van der Waals surface area contributed by atoms with Crippen molar-refractivity contribution in [2.75, 3.05) is 19.0 Å². The van der Waals surface area contributed by atoms with E-state index >= 15 is 0 Å². The van der Waals surface area contributed by atoms with Crippen LogP contribution in [0.15, 0.2) is 36.4 Å². The van der Waals surface area contributed by atoms with Crippen LogP contribution in [0.1, 0.15) is 11.7 Å². The molecule has 0 saturated heterocycles. The van der Waals surface area contributed by atoms with Crippen LogP contribution in [0.5, 0.6) is 5.75 Å². The van der Waals surface area contributed by atoms with Gasteiger partial charge in [0.25, 0.3) is 0 Å². The average molecular weight is 341 g/mol. The highest BCUT2D eigenvalue weighted by atomic mass is 35.5. The van der Waals surface area contributed by atoms with Gasteiger partial charge < -0.3 is 15.2 Å². The summed E-state index contributed by atoms with van der Waals surface area (Å²) in [5, 5.41) is 23.8. The van der Waals surface area contributed by atoms with Crippen molar-refractivity contribution in [3.05, 3.63) is 62.9 Å². The first-order valence-corrected chi connectivity index (χ1v) is 6.99. The predicted octanol–water partition coefficient (Wildman–Crippen LogP) is 3.54. The van der Waals surface area contributed by atoms with E-state index < -0.39 is 16.8 Å². The third kappa shape index (κ3) is 4.08. The van der Waals surface area contributed by atoms with E-state index in [2.05, 4.69) is 5.32 Å². The van der Waals surface area contributed by atoms with Crippen molar-refractivity contribution in [2.24, 2.45) is 0 Å². The number of nitro groups is 1. The molecule has 1 unspecified atom stereocenters. The third-order valence-corrected chi connectivity index (χ3v) is 3.51. The van der Waals surface area contributed by atoms with Gasteiger partial charge in [0.1, 0.15) is 5.82 Å². The summed E-state index contributed by atoms with van der Waals surface area (Å²) in [4.78, 5) is 10.3. The molecule has 0 bridgehead atoms. The number of methoxy groups -OCH3 is 1. The summed E-state index contributed by atoms with van der Waals surface area (Å²) >= 11 is 5.59. The molecule has 0 aliphatic rings. The number of anilines is 1. The van der Waals surface area contributed by atoms with E-state index in [1.165, 1.54) is 37.4 Å². The molecule has 8 heteroatoms. The van der Waals surface area contributed by atoms with Gasteiger partial charge in [-0.25, -0.2) is 4.39 Å². The molecule has 0 heterocycles. The van der Waals surface area contributed by atoms with Crippen LogP contribution in [0.2, 0.25) is 5.02 Å². The molecule has 2 aromatic carbocycles. The minimum atomic E-state index is -0.969. The molecule has 0 amide bonds. The number of nitro benzene ring substituents is 1. The lowest BCUT2D eigenvalue weighted by atomic mass is 10.1. The number of halogens is 2. The Labute approximate surface area is 136 Å². The van der Waals surface area contributed by atoms with Crippen LogP contribution >= 0.6 is 11.6 Å². The Balaban J connectivity index is 2.08. The number of rotatable bonds is 6. The summed E-state index contributed by atoms with van der Waals surface area (Å²) in [5.41, 5.74) is 0.743. The average Bonchev–Trinajstić information content (AvgIpc) is 2.54. The molecular weight excluding hydrogens is 327 g/mol. The molecule has 0 aliphatic carbocycles. The molecule has 0 aromatic heterocycles. The van der Waals surface area contributed by atoms with Gasteiger partial charge in [-0.3, -0.25) is 10.1 Å². The van der Waals surface area contributed by atoms with Gasteiger partial charge in [0.05, 0.1) is 23.2 Å². The molecule has 6 nitrogen and oxygen atoms in total. The van der Waals surface area contributed by atoms with E-state index in [1.54, 1.807) is 0 Å². The Hall–Kier alpha value is -2.38. The molecule has 0 aliphatic heterocycles. The molecule has 2 N–H and O–H groups in total. The molecule has 0 fully saturated rings. The monoisotopic (exact) mass is 340 g/mol. The Bertz CT molecular complexity index is 727. The van der Waals surface area contributed by atoms with E-state index in [-0.39, 0.29) is 23.0 Å². The van der Waals surface area contributed by atoms with Gasteiger partial charge >= 0.3 is 5.69 Å². The fourth-order valence-corrected chi connectivity index (χ4v) is 2.11. The van der Waals surface area contributed by atoms with Gasteiger partial charge in [-0.05, 0) is 23.8 Å². The molecule has 122 valence electrons. The van der Waals surface area contributed by atoms with Crippen molar-refractivity contribution in [2.45, 2.75) is 6.10 Å². The SMILES string of the molecule is COc1cc(NCC(O)c2ccc(Cl)c(F)c2)ccc1[N+](=O)[O-]. The molecule has 1 atom stereocenters. The second-order valence-electron chi connectivity index (χ2n) is 4.71. The molecule has 0 spiro atoms. The summed E-state index contributed by atoms with van der Waals surface area (Å²) in [6.07, 6.45) is -0.969. The Morgan fingerprint density at radius 2 is 2.13 bits per heavy atom. The smallest absolute Gasteiger partial charge is 0.311 e.